The third-order valence-electron chi connectivity index (χ3n) is 3.58. The van der Waals surface area contributed by atoms with Gasteiger partial charge in [0, 0.05) is 22.6 Å². The normalized spacial score (nSPS) is 11.3. The van der Waals surface area contributed by atoms with Crippen LogP contribution in [0.2, 0.25) is 0 Å². The first-order valence-electron chi connectivity index (χ1n) is 7.61. The van der Waals surface area contributed by atoms with Gasteiger partial charge in [0.1, 0.15) is 0 Å². The van der Waals surface area contributed by atoms with Crippen LogP contribution in [-0.4, -0.2) is 35.3 Å². The summed E-state index contributed by atoms with van der Waals surface area (Å²) >= 11 is 0.939. The van der Waals surface area contributed by atoms with Crippen molar-refractivity contribution in [1.82, 2.24) is 14.8 Å². The van der Waals surface area contributed by atoms with E-state index in [1.165, 1.54) is 0 Å². The molecule has 136 valence electrons. The average molecular weight is 391 g/mol. The first-order valence-corrected chi connectivity index (χ1v) is 10.3. The smallest absolute Gasteiger partial charge is 0.257 e. The average Bonchev–Trinajstić information content (AvgIpc) is 3.12. The largest absolute Gasteiger partial charge is 0.319 e. The summed E-state index contributed by atoms with van der Waals surface area (Å²) in [6.07, 6.45) is 1.02. The van der Waals surface area contributed by atoms with Crippen molar-refractivity contribution in [2.45, 2.75) is 13.8 Å². The molecule has 0 atom stereocenters. The number of carbonyl (C=O) groups excluding carboxylic acids is 1. The lowest BCUT2D eigenvalue weighted by atomic mass is 10.2. The van der Waals surface area contributed by atoms with Crippen molar-refractivity contribution in [3.8, 4) is 5.69 Å². The molecule has 0 aliphatic carbocycles. The lowest BCUT2D eigenvalue weighted by molar-refractivity contribution is 0.102. The number of anilines is 2. The molecule has 0 aliphatic rings. The molecule has 0 unspecified atom stereocenters. The maximum absolute atomic E-state index is 12.3. The lowest BCUT2D eigenvalue weighted by Crippen LogP contribution is -2.12. The number of hydrogen-bond acceptors (Lipinski definition) is 6. The van der Waals surface area contributed by atoms with Gasteiger partial charge in [-0.05, 0) is 50.2 Å². The van der Waals surface area contributed by atoms with Crippen molar-refractivity contribution in [3.63, 3.8) is 0 Å². The van der Waals surface area contributed by atoms with Crippen LogP contribution in [0.4, 0.5) is 10.3 Å². The SMILES string of the molecule is Cc1ccc(C)n1-c1ccc(C(=O)Nc2nnc(NS(C)(=O)=O)s2)cc1. The Labute approximate surface area is 154 Å². The number of amides is 1. The molecule has 3 aromatic rings. The summed E-state index contributed by atoms with van der Waals surface area (Å²) in [4.78, 5) is 12.3. The molecule has 1 amide bonds. The highest BCUT2D eigenvalue weighted by molar-refractivity contribution is 7.92. The van der Waals surface area contributed by atoms with Gasteiger partial charge in [0.25, 0.3) is 5.91 Å². The Kier molecular flexibility index (Phi) is 4.79. The molecule has 8 nitrogen and oxygen atoms in total. The van der Waals surface area contributed by atoms with Crippen LogP contribution < -0.4 is 10.0 Å². The minimum atomic E-state index is -3.44. The number of nitrogens with zero attached hydrogens (tertiary/aromatic N) is 3. The molecule has 26 heavy (non-hydrogen) atoms. The minimum absolute atomic E-state index is 0.0942. The van der Waals surface area contributed by atoms with Crippen molar-refractivity contribution in [2.24, 2.45) is 0 Å². The molecule has 10 heteroatoms. The number of sulfonamides is 1. The topological polar surface area (TPSA) is 106 Å². The third-order valence-corrected chi connectivity index (χ3v) is 5.02. The van der Waals surface area contributed by atoms with Gasteiger partial charge in [0.15, 0.2) is 0 Å². The van der Waals surface area contributed by atoms with E-state index in [4.69, 9.17) is 0 Å². The molecule has 0 aliphatic heterocycles. The summed E-state index contributed by atoms with van der Waals surface area (Å²) in [5.41, 5.74) is 3.65. The van der Waals surface area contributed by atoms with Crippen molar-refractivity contribution in [3.05, 3.63) is 53.3 Å². The molecule has 0 radical (unpaired) electrons. The molecular formula is C16H17N5O3S2. The van der Waals surface area contributed by atoms with Crippen LogP contribution in [0.15, 0.2) is 36.4 Å². The van der Waals surface area contributed by atoms with E-state index in [9.17, 15) is 13.2 Å². The Morgan fingerprint density at radius 3 is 2.15 bits per heavy atom. The summed E-state index contributed by atoms with van der Waals surface area (Å²) in [5, 5.41) is 10.3. The molecule has 0 saturated heterocycles. The van der Waals surface area contributed by atoms with E-state index in [0.29, 0.717) is 5.56 Å². The van der Waals surface area contributed by atoms with Crippen LogP contribution >= 0.6 is 11.3 Å². The molecule has 0 fully saturated rings. The highest BCUT2D eigenvalue weighted by Crippen LogP contribution is 2.22. The number of aromatic nitrogens is 3. The van der Waals surface area contributed by atoms with Crippen LogP contribution in [0.25, 0.3) is 5.69 Å². The van der Waals surface area contributed by atoms with Crippen LogP contribution in [0.5, 0.6) is 0 Å². The van der Waals surface area contributed by atoms with Crippen molar-refractivity contribution >= 4 is 37.5 Å². The summed E-state index contributed by atoms with van der Waals surface area (Å²) < 4.78 is 26.6. The maximum atomic E-state index is 12.3. The highest BCUT2D eigenvalue weighted by atomic mass is 32.2. The van der Waals surface area contributed by atoms with Crippen molar-refractivity contribution < 1.29 is 13.2 Å². The number of aryl methyl sites for hydroxylation is 2. The van der Waals surface area contributed by atoms with E-state index >= 15 is 0 Å². The number of benzene rings is 1. The van der Waals surface area contributed by atoms with E-state index in [0.717, 1.165) is 34.7 Å². The minimum Gasteiger partial charge on any atom is -0.319 e. The predicted octanol–water partition coefficient (Wildman–Crippen LogP) is 2.57. The standard InChI is InChI=1S/C16H17N5O3S2/c1-10-4-5-11(2)21(10)13-8-6-12(7-9-13)14(22)17-15-18-19-16(25-15)20-26(3,23)24/h4-9H,1-3H3,(H,19,20)(H,17,18,22). The second-order valence-electron chi connectivity index (χ2n) is 5.74. The van der Waals surface area contributed by atoms with Gasteiger partial charge in [-0.1, -0.05) is 11.3 Å². The molecule has 1 aromatic carbocycles. The first kappa shape index (κ1) is 18.1. The second kappa shape index (κ2) is 6.89. The molecule has 2 heterocycles. The lowest BCUT2D eigenvalue weighted by Gasteiger charge is -2.10. The van der Waals surface area contributed by atoms with Gasteiger partial charge in [-0.15, -0.1) is 10.2 Å². The zero-order chi connectivity index (χ0) is 18.9. The quantitative estimate of drug-likeness (QED) is 0.695. The van der Waals surface area contributed by atoms with Gasteiger partial charge < -0.3 is 4.57 Å². The Balaban J connectivity index is 1.73. The zero-order valence-corrected chi connectivity index (χ0v) is 16.0. The molecule has 0 saturated carbocycles. The van der Waals surface area contributed by atoms with Crippen molar-refractivity contribution in [1.29, 1.82) is 0 Å². The Morgan fingerprint density at radius 2 is 1.58 bits per heavy atom. The van der Waals surface area contributed by atoms with E-state index in [2.05, 4.69) is 24.8 Å². The van der Waals surface area contributed by atoms with Crippen LogP contribution in [-0.2, 0) is 10.0 Å². The molecular weight excluding hydrogens is 374 g/mol. The molecule has 0 bridgehead atoms. The van der Waals surface area contributed by atoms with E-state index in [1.54, 1.807) is 12.1 Å². The summed E-state index contributed by atoms with van der Waals surface area (Å²) in [7, 11) is -3.44. The van der Waals surface area contributed by atoms with Crippen LogP contribution in [0.1, 0.15) is 21.7 Å². The Hall–Kier alpha value is -2.72. The Morgan fingerprint density at radius 1 is 1.00 bits per heavy atom. The summed E-state index contributed by atoms with van der Waals surface area (Å²) in [6.45, 7) is 4.04. The predicted molar refractivity (Wildman–Crippen MR) is 102 cm³/mol. The van der Waals surface area contributed by atoms with Crippen LogP contribution in [0, 0.1) is 13.8 Å². The van der Waals surface area contributed by atoms with Gasteiger partial charge >= 0.3 is 0 Å². The highest BCUT2D eigenvalue weighted by Gasteiger charge is 2.13. The monoisotopic (exact) mass is 391 g/mol. The van der Waals surface area contributed by atoms with Gasteiger partial charge in [-0.3, -0.25) is 14.8 Å². The van der Waals surface area contributed by atoms with Gasteiger partial charge in [0.2, 0.25) is 20.3 Å². The fourth-order valence-corrected chi connectivity index (χ4v) is 3.95. The first-order chi connectivity index (χ1) is 12.2. The number of hydrogen-bond donors (Lipinski definition) is 2. The van der Waals surface area contributed by atoms with Crippen molar-refractivity contribution in [2.75, 3.05) is 16.3 Å². The van der Waals surface area contributed by atoms with Gasteiger partial charge in [0.05, 0.1) is 6.26 Å². The number of nitrogens with one attached hydrogen (secondary N) is 2. The molecule has 2 N–H and O–H groups in total. The molecule has 3 rings (SSSR count). The second-order valence-corrected chi connectivity index (χ2v) is 8.47. The summed E-state index contributed by atoms with van der Waals surface area (Å²) in [6, 6.07) is 11.2. The van der Waals surface area contributed by atoms with E-state index < -0.39 is 10.0 Å². The van der Waals surface area contributed by atoms with Crippen LogP contribution in [0.3, 0.4) is 0 Å². The Bertz CT molecular complexity index is 1030. The molecule has 0 spiro atoms. The summed E-state index contributed by atoms with van der Waals surface area (Å²) in [5.74, 6) is -0.348. The van der Waals surface area contributed by atoms with Gasteiger partial charge in [-0.2, -0.15) is 0 Å². The fraction of sp³-hybridized carbons (Fsp3) is 0.188. The number of rotatable bonds is 5. The van der Waals surface area contributed by atoms with E-state index in [-0.39, 0.29) is 16.2 Å². The molecule has 2 aromatic heterocycles. The number of carbonyl (C=O) groups is 1. The third kappa shape index (κ3) is 4.09. The zero-order valence-electron chi connectivity index (χ0n) is 14.3. The fourth-order valence-electron chi connectivity index (χ4n) is 2.48. The van der Waals surface area contributed by atoms with E-state index in [1.807, 2.05) is 38.1 Å². The maximum Gasteiger partial charge on any atom is 0.257 e. The van der Waals surface area contributed by atoms with Gasteiger partial charge in [-0.25, -0.2) is 8.42 Å².